The zero-order chi connectivity index (χ0) is 11.4. The molecule has 1 nitrogen and oxygen atoms in total. The van der Waals surface area contributed by atoms with Crippen molar-refractivity contribution in [2.45, 2.75) is 13.5 Å². The first-order valence-electron chi connectivity index (χ1n) is 5.58. The topological polar surface area (TPSA) is 3.24 Å². The second kappa shape index (κ2) is 5.67. The summed E-state index contributed by atoms with van der Waals surface area (Å²) in [4.78, 5) is 2.38. The quantitative estimate of drug-likeness (QED) is 0.729. The summed E-state index contributed by atoms with van der Waals surface area (Å²) in [5, 5.41) is 3.65. The Morgan fingerprint density at radius 3 is 2.88 bits per heavy atom. The third-order valence-electron chi connectivity index (χ3n) is 2.80. The summed E-state index contributed by atoms with van der Waals surface area (Å²) in [5.41, 5.74) is 1.42. The molecule has 16 heavy (non-hydrogen) atoms. The Morgan fingerprint density at radius 1 is 1.31 bits per heavy atom. The predicted octanol–water partition coefficient (Wildman–Crippen LogP) is 3.96. The first-order valence-corrected chi connectivity index (χ1v) is 7.00. The Hall–Kier alpha value is -0.570. The van der Waals surface area contributed by atoms with Crippen LogP contribution in [0.25, 0.3) is 10.1 Å². The number of alkyl halides is 1. The van der Waals surface area contributed by atoms with Crippen LogP contribution in [0.5, 0.6) is 0 Å². The van der Waals surface area contributed by atoms with Gasteiger partial charge in [-0.05, 0) is 28.9 Å². The minimum atomic E-state index is 0.704. The van der Waals surface area contributed by atoms with Gasteiger partial charge >= 0.3 is 0 Å². The normalized spacial score (nSPS) is 11.4. The Balaban J connectivity index is 2.20. The van der Waals surface area contributed by atoms with Crippen molar-refractivity contribution in [1.82, 2.24) is 4.90 Å². The number of hydrogen-bond acceptors (Lipinski definition) is 2. The molecule has 3 heteroatoms. The summed E-state index contributed by atoms with van der Waals surface area (Å²) < 4.78 is 1.37. The van der Waals surface area contributed by atoms with E-state index in [2.05, 4.69) is 41.5 Å². The van der Waals surface area contributed by atoms with Gasteiger partial charge in [-0.2, -0.15) is 0 Å². The van der Waals surface area contributed by atoms with E-state index in [1.54, 1.807) is 0 Å². The smallest absolute Gasteiger partial charge is 0.0351 e. The molecule has 0 saturated heterocycles. The fraction of sp³-hybridized carbons (Fsp3) is 0.385. The van der Waals surface area contributed by atoms with Crippen molar-refractivity contribution in [3.8, 4) is 0 Å². The third-order valence-corrected chi connectivity index (χ3v) is 3.98. The van der Waals surface area contributed by atoms with Crippen molar-refractivity contribution in [3.05, 3.63) is 35.2 Å². The van der Waals surface area contributed by atoms with Gasteiger partial charge in [0.15, 0.2) is 0 Å². The van der Waals surface area contributed by atoms with Crippen molar-refractivity contribution >= 4 is 33.0 Å². The molecule has 0 aliphatic carbocycles. The van der Waals surface area contributed by atoms with Crippen LogP contribution < -0.4 is 0 Å². The van der Waals surface area contributed by atoms with Crippen molar-refractivity contribution in [2.75, 3.05) is 19.0 Å². The predicted molar refractivity (Wildman–Crippen MR) is 73.5 cm³/mol. The van der Waals surface area contributed by atoms with Gasteiger partial charge in [0.25, 0.3) is 0 Å². The number of benzene rings is 1. The van der Waals surface area contributed by atoms with Gasteiger partial charge in [-0.3, -0.25) is 4.90 Å². The second-order valence-corrected chi connectivity index (χ2v) is 5.10. The summed E-state index contributed by atoms with van der Waals surface area (Å²) in [5.74, 6) is 0.704. The van der Waals surface area contributed by atoms with Gasteiger partial charge in [0.1, 0.15) is 0 Å². The second-order valence-electron chi connectivity index (χ2n) is 3.81. The lowest BCUT2D eigenvalue weighted by Crippen LogP contribution is -2.24. The lowest BCUT2D eigenvalue weighted by Gasteiger charge is -2.18. The number of halogens is 1. The SMILES string of the molecule is CCN(CCCl)Cc1csc2ccccc12. The standard InChI is InChI=1S/C13H16ClNS/c1-2-15(8-7-14)9-11-10-16-13-6-4-3-5-12(11)13/h3-6,10H,2,7-9H2,1H3. The first-order chi connectivity index (χ1) is 7.85. The van der Waals surface area contributed by atoms with Crippen LogP contribution in [0.3, 0.4) is 0 Å². The van der Waals surface area contributed by atoms with Gasteiger partial charge in [-0.1, -0.05) is 25.1 Å². The number of thiophene rings is 1. The largest absolute Gasteiger partial charge is 0.298 e. The average Bonchev–Trinajstić information content (AvgIpc) is 2.72. The maximum absolute atomic E-state index is 5.79. The van der Waals surface area contributed by atoms with Crippen LogP contribution in [0.15, 0.2) is 29.6 Å². The van der Waals surface area contributed by atoms with E-state index in [0.717, 1.165) is 19.6 Å². The summed E-state index contributed by atoms with van der Waals surface area (Å²) in [7, 11) is 0. The highest BCUT2D eigenvalue weighted by Crippen LogP contribution is 2.26. The van der Waals surface area contributed by atoms with Crippen molar-refractivity contribution < 1.29 is 0 Å². The van der Waals surface area contributed by atoms with Crippen LogP contribution in [0, 0.1) is 0 Å². The lowest BCUT2D eigenvalue weighted by atomic mass is 10.1. The fourth-order valence-corrected chi connectivity index (χ4v) is 3.06. The molecular formula is C13H16ClNS. The minimum absolute atomic E-state index is 0.704. The van der Waals surface area contributed by atoms with E-state index < -0.39 is 0 Å². The highest BCUT2D eigenvalue weighted by atomic mass is 35.5. The Labute approximate surface area is 106 Å². The van der Waals surface area contributed by atoms with Gasteiger partial charge in [-0.25, -0.2) is 0 Å². The summed E-state index contributed by atoms with van der Waals surface area (Å²) in [6.07, 6.45) is 0. The van der Waals surface area contributed by atoms with Gasteiger partial charge in [0, 0.05) is 23.7 Å². The molecule has 1 aromatic heterocycles. The number of hydrogen-bond donors (Lipinski definition) is 0. The van der Waals surface area contributed by atoms with E-state index in [9.17, 15) is 0 Å². The van der Waals surface area contributed by atoms with E-state index in [1.165, 1.54) is 15.6 Å². The van der Waals surface area contributed by atoms with Gasteiger partial charge in [0.05, 0.1) is 0 Å². The van der Waals surface area contributed by atoms with Crippen LogP contribution >= 0.6 is 22.9 Å². The monoisotopic (exact) mass is 253 g/mol. The van der Waals surface area contributed by atoms with Crippen LogP contribution in [-0.2, 0) is 6.54 Å². The van der Waals surface area contributed by atoms with Gasteiger partial charge in [-0.15, -0.1) is 22.9 Å². The molecule has 0 N–H and O–H groups in total. The van der Waals surface area contributed by atoms with Crippen LogP contribution in [-0.4, -0.2) is 23.9 Å². The molecule has 0 atom stereocenters. The number of nitrogens with zero attached hydrogens (tertiary/aromatic N) is 1. The number of rotatable bonds is 5. The van der Waals surface area contributed by atoms with Crippen molar-refractivity contribution in [1.29, 1.82) is 0 Å². The maximum Gasteiger partial charge on any atom is 0.0351 e. The highest BCUT2D eigenvalue weighted by Gasteiger charge is 2.07. The molecule has 0 fully saturated rings. The zero-order valence-corrected chi connectivity index (χ0v) is 11.0. The molecule has 1 aromatic carbocycles. The molecule has 2 rings (SSSR count). The molecule has 86 valence electrons. The molecule has 1 heterocycles. The third kappa shape index (κ3) is 2.57. The van der Waals surface area contributed by atoms with Gasteiger partial charge in [0.2, 0.25) is 0 Å². The summed E-state index contributed by atoms with van der Waals surface area (Å²) in [6.45, 7) is 5.20. The molecule has 0 bridgehead atoms. The van der Waals surface area contributed by atoms with E-state index in [0.29, 0.717) is 5.88 Å². The van der Waals surface area contributed by atoms with Crippen LogP contribution in [0.1, 0.15) is 12.5 Å². The lowest BCUT2D eigenvalue weighted by molar-refractivity contribution is 0.299. The number of fused-ring (bicyclic) bond motifs is 1. The summed E-state index contributed by atoms with van der Waals surface area (Å²) >= 11 is 7.62. The molecule has 0 radical (unpaired) electrons. The fourth-order valence-electron chi connectivity index (χ4n) is 1.86. The highest BCUT2D eigenvalue weighted by molar-refractivity contribution is 7.17. The van der Waals surface area contributed by atoms with E-state index in [-0.39, 0.29) is 0 Å². The molecule has 0 aliphatic heterocycles. The first kappa shape index (κ1) is 11.9. The van der Waals surface area contributed by atoms with Crippen LogP contribution in [0.2, 0.25) is 0 Å². The molecule has 0 saturated carbocycles. The Morgan fingerprint density at radius 2 is 2.12 bits per heavy atom. The van der Waals surface area contributed by atoms with Crippen LogP contribution in [0.4, 0.5) is 0 Å². The maximum atomic E-state index is 5.79. The van der Waals surface area contributed by atoms with E-state index in [1.807, 2.05) is 11.3 Å². The molecule has 0 spiro atoms. The molecule has 0 aliphatic rings. The zero-order valence-electron chi connectivity index (χ0n) is 9.45. The van der Waals surface area contributed by atoms with Crippen molar-refractivity contribution in [2.24, 2.45) is 0 Å². The molecular weight excluding hydrogens is 238 g/mol. The van der Waals surface area contributed by atoms with Crippen molar-refractivity contribution in [3.63, 3.8) is 0 Å². The van der Waals surface area contributed by atoms with E-state index in [4.69, 9.17) is 11.6 Å². The molecule has 2 aromatic rings. The minimum Gasteiger partial charge on any atom is -0.298 e. The summed E-state index contributed by atoms with van der Waals surface area (Å²) in [6, 6.07) is 8.59. The molecule has 0 unspecified atom stereocenters. The Kier molecular flexibility index (Phi) is 4.22. The Bertz CT molecular complexity index is 452. The molecule has 0 amide bonds. The van der Waals surface area contributed by atoms with Gasteiger partial charge < -0.3 is 0 Å². The van der Waals surface area contributed by atoms with E-state index >= 15 is 0 Å². The average molecular weight is 254 g/mol.